The van der Waals surface area contributed by atoms with Crippen molar-refractivity contribution in [3.63, 3.8) is 0 Å². The second-order valence-electron chi connectivity index (χ2n) is 10.4. The molecule has 0 aliphatic carbocycles. The highest BCUT2D eigenvalue weighted by molar-refractivity contribution is 8.00. The Kier molecular flexibility index (Phi) is 10.3. The Morgan fingerprint density at radius 1 is 1.08 bits per heavy atom. The molecule has 1 aliphatic heterocycles. The number of methoxy groups -OCH3 is 1. The fraction of sp³-hybridized carbons (Fsp3) is 0.517. The van der Waals surface area contributed by atoms with E-state index in [9.17, 15) is 14.7 Å². The Labute approximate surface area is 224 Å². The minimum atomic E-state index is -0.690. The van der Waals surface area contributed by atoms with Crippen molar-refractivity contribution in [3.05, 3.63) is 65.7 Å². The van der Waals surface area contributed by atoms with Crippen molar-refractivity contribution >= 4 is 23.8 Å². The summed E-state index contributed by atoms with van der Waals surface area (Å²) in [7, 11) is 1.64. The normalized spacial score (nSPS) is 16.1. The molecule has 2 N–H and O–H groups in total. The smallest absolute Gasteiger partial charge is 0.410 e. The van der Waals surface area contributed by atoms with Crippen LogP contribution >= 0.6 is 11.8 Å². The van der Waals surface area contributed by atoms with Gasteiger partial charge in [0.1, 0.15) is 11.4 Å². The number of nitrogens with one attached hydrogen (secondary N) is 1. The molecule has 202 valence electrons. The summed E-state index contributed by atoms with van der Waals surface area (Å²) in [5.74, 6) is 1.43. The van der Waals surface area contributed by atoms with E-state index < -0.39 is 10.3 Å². The van der Waals surface area contributed by atoms with Crippen LogP contribution in [0.15, 0.2) is 54.6 Å². The molecule has 0 saturated carbocycles. The summed E-state index contributed by atoms with van der Waals surface area (Å²) >= 11 is 1.63. The van der Waals surface area contributed by atoms with E-state index in [0.29, 0.717) is 44.5 Å². The highest BCUT2D eigenvalue weighted by Gasteiger charge is 2.44. The predicted molar refractivity (Wildman–Crippen MR) is 148 cm³/mol. The van der Waals surface area contributed by atoms with Gasteiger partial charge in [-0.3, -0.25) is 4.79 Å². The van der Waals surface area contributed by atoms with Crippen molar-refractivity contribution in [1.82, 2.24) is 10.2 Å². The molecule has 2 aromatic rings. The van der Waals surface area contributed by atoms with Crippen LogP contribution in [0.4, 0.5) is 4.79 Å². The number of carbonyl (C=O) groups is 2. The van der Waals surface area contributed by atoms with E-state index in [0.717, 1.165) is 16.9 Å². The van der Waals surface area contributed by atoms with Gasteiger partial charge >= 0.3 is 6.09 Å². The summed E-state index contributed by atoms with van der Waals surface area (Å²) in [5, 5.41) is 12.7. The minimum Gasteiger partial charge on any atom is -0.497 e. The number of hydrogen-bond donors (Lipinski definition) is 2. The number of thioether (sulfide) groups is 1. The van der Waals surface area contributed by atoms with Gasteiger partial charge in [0.05, 0.1) is 17.9 Å². The topological polar surface area (TPSA) is 88.1 Å². The molecule has 7 nitrogen and oxygen atoms in total. The zero-order valence-electron chi connectivity index (χ0n) is 22.4. The Balaban J connectivity index is 1.78. The quantitative estimate of drug-likeness (QED) is 0.434. The maximum Gasteiger partial charge on any atom is 0.410 e. The minimum absolute atomic E-state index is 0.0263. The third kappa shape index (κ3) is 8.40. The van der Waals surface area contributed by atoms with Crippen LogP contribution in [0.5, 0.6) is 5.75 Å². The first kappa shape index (κ1) is 28.9. The van der Waals surface area contributed by atoms with Gasteiger partial charge in [0.15, 0.2) is 0 Å². The van der Waals surface area contributed by atoms with Crippen LogP contribution in [0.3, 0.4) is 0 Å². The van der Waals surface area contributed by atoms with Crippen LogP contribution in [0.1, 0.15) is 63.6 Å². The number of piperidine rings is 1. The molecule has 0 bridgehead atoms. The van der Waals surface area contributed by atoms with Gasteiger partial charge in [-0.25, -0.2) is 4.79 Å². The first-order valence-corrected chi connectivity index (χ1v) is 13.9. The lowest BCUT2D eigenvalue weighted by Gasteiger charge is -2.41. The molecule has 1 aliphatic rings. The van der Waals surface area contributed by atoms with Crippen molar-refractivity contribution in [1.29, 1.82) is 0 Å². The average Bonchev–Trinajstić information content (AvgIpc) is 2.89. The SMILES string of the molecule is COc1ccc(CSC2(C(=O)N[C@H](CCCO)c3ccccc3)CCN(C(=O)OC(C)(C)C)CC2)cc1. The molecular weight excluding hydrogens is 488 g/mol. The number of aliphatic hydroxyl groups is 1. The molecule has 0 spiro atoms. The van der Waals surface area contributed by atoms with E-state index in [1.165, 1.54) is 0 Å². The fourth-order valence-electron chi connectivity index (χ4n) is 4.35. The van der Waals surface area contributed by atoms with Crippen LogP contribution in [-0.4, -0.2) is 59.2 Å². The van der Waals surface area contributed by atoms with E-state index in [1.54, 1.807) is 23.8 Å². The molecule has 0 aromatic heterocycles. The maximum absolute atomic E-state index is 13.9. The monoisotopic (exact) mass is 528 g/mol. The van der Waals surface area contributed by atoms with Crippen molar-refractivity contribution < 1.29 is 24.2 Å². The van der Waals surface area contributed by atoms with Crippen molar-refractivity contribution in [2.24, 2.45) is 0 Å². The summed E-state index contributed by atoms with van der Waals surface area (Å²) in [6, 6.07) is 17.6. The van der Waals surface area contributed by atoms with Crippen molar-refractivity contribution in [2.75, 3.05) is 26.8 Å². The number of nitrogens with zero attached hydrogens (tertiary/aromatic N) is 1. The second kappa shape index (κ2) is 13.2. The molecule has 0 unspecified atom stereocenters. The highest BCUT2D eigenvalue weighted by Crippen LogP contribution is 2.40. The maximum atomic E-state index is 13.9. The van der Waals surface area contributed by atoms with Gasteiger partial charge in [-0.15, -0.1) is 11.8 Å². The number of rotatable bonds is 10. The molecule has 3 rings (SSSR count). The second-order valence-corrected chi connectivity index (χ2v) is 11.8. The van der Waals surface area contributed by atoms with Crippen LogP contribution in [0.2, 0.25) is 0 Å². The molecule has 2 aromatic carbocycles. The molecule has 37 heavy (non-hydrogen) atoms. The van der Waals surface area contributed by atoms with Gasteiger partial charge in [0.25, 0.3) is 0 Å². The Hall–Kier alpha value is -2.71. The number of aliphatic hydroxyl groups excluding tert-OH is 1. The lowest BCUT2D eigenvalue weighted by molar-refractivity contribution is -0.125. The lowest BCUT2D eigenvalue weighted by Crippen LogP contribution is -2.54. The van der Waals surface area contributed by atoms with Gasteiger partial charge in [-0.2, -0.15) is 0 Å². The van der Waals surface area contributed by atoms with Gasteiger partial charge in [0.2, 0.25) is 5.91 Å². The van der Waals surface area contributed by atoms with Crippen LogP contribution in [-0.2, 0) is 15.3 Å². The summed E-state index contributed by atoms with van der Waals surface area (Å²) in [4.78, 5) is 28.3. The van der Waals surface area contributed by atoms with Crippen LogP contribution < -0.4 is 10.1 Å². The summed E-state index contributed by atoms with van der Waals surface area (Å²) in [6.07, 6.45) is 1.96. The molecule has 1 saturated heterocycles. The van der Waals surface area contributed by atoms with Crippen molar-refractivity contribution in [2.45, 2.75) is 68.6 Å². The van der Waals surface area contributed by atoms with Gasteiger partial charge in [0, 0.05) is 25.4 Å². The highest BCUT2D eigenvalue weighted by atomic mass is 32.2. The van der Waals surface area contributed by atoms with E-state index in [4.69, 9.17) is 9.47 Å². The predicted octanol–water partition coefficient (Wildman–Crippen LogP) is 5.33. The zero-order valence-corrected chi connectivity index (χ0v) is 23.2. The Morgan fingerprint density at radius 3 is 2.30 bits per heavy atom. The largest absolute Gasteiger partial charge is 0.497 e. The van der Waals surface area contributed by atoms with Gasteiger partial charge in [-0.1, -0.05) is 42.5 Å². The number of carbonyl (C=O) groups excluding carboxylic acids is 2. The first-order chi connectivity index (χ1) is 17.7. The molecule has 2 amide bonds. The number of likely N-dealkylation sites (tertiary alicyclic amines) is 1. The zero-order chi connectivity index (χ0) is 26.9. The average molecular weight is 529 g/mol. The summed E-state index contributed by atoms with van der Waals surface area (Å²) < 4.78 is 10.1. The molecule has 1 atom stereocenters. The van der Waals surface area contributed by atoms with Gasteiger partial charge < -0.3 is 24.8 Å². The van der Waals surface area contributed by atoms with E-state index in [1.807, 2.05) is 75.4 Å². The Bertz CT molecular complexity index is 999. The number of benzene rings is 2. The van der Waals surface area contributed by atoms with E-state index >= 15 is 0 Å². The third-order valence-electron chi connectivity index (χ3n) is 6.47. The number of amides is 2. The lowest BCUT2D eigenvalue weighted by atomic mass is 9.93. The standard InChI is InChI=1S/C29H40N2O5S/c1-28(2,3)36-27(34)31-18-16-29(17-19-31,37-21-22-12-14-24(35-4)15-13-22)26(33)30-25(11-8-20-32)23-9-6-5-7-10-23/h5-7,9-10,12-15,25,32H,8,11,16-21H2,1-4H3,(H,30,33)/t25-/m1/s1. The first-order valence-electron chi connectivity index (χ1n) is 12.9. The van der Waals surface area contributed by atoms with E-state index in [-0.39, 0.29) is 24.6 Å². The molecule has 1 fully saturated rings. The summed E-state index contributed by atoms with van der Waals surface area (Å²) in [5.41, 5.74) is 1.56. The molecule has 0 radical (unpaired) electrons. The van der Waals surface area contributed by atoms with Crippen LogP contribution in [0, 0.1) is 0 Å². The number of ether oxygens (including phenoxy) is 2. The third-order valence-corrected chi connectivity index (χ3v) is 8.09. The fourth-order valence-corrected chi connectivity index (χ4v) is 5.65. The van der Waals surface area contributed by atoms with Crippen LogP contribution in [0.25, 0.3) is 0 Å². The molecule has 1 heterocycles. The summed E-state index contributed by atoms with van der Waals surface area (Å²) in [6.45, 7) is 6.53. The van der Waals surface area contributed by atoms with Gasteiger partial charge in [-0.05, 0) is 69.7 Å². The number of hydrogen-bond acceptors (Lipinski definition) is 6. The molecule has 8 heteroatoms. The van der Waals surface area contributed by atoms with E-state index in [2.05, 4.69) is 5.32 Å². The Morgan fingerprint density at radius 2 is 1.73 bits per heavy atom. The van der Waals surface area contributed by atoms with Crippen molar-refractivity contribution in [3.8, 4) is 5.75 Å². The molecular formula is C29H40N2O5S.